The molecular weight excluding hydrogens is 815 g/mol. The van der Waals surface area contributed by atoms with Gasteiger partial charge in [0.2, 0.25) is 0 Å². The molecule has 3 aliphatic rings. The van der Waals surface area contributed by atoms with Gasteiger partial charge in [-0.15, -0.1) is 0 Å². The lowest BCUT2D eigenvalue weighted by molar-refractivity contribution is -0.135. The number of ether oxygens (including phenoxy) is 6. The number of methoxy groups -OCH3 is 2. The molecule has 0 unspecified atom stereocenters. The zero-order valence-electron chi connectivity index (χ0n) is 37.3. The minimum absolute atomic E-state index is 0.0487. The molecule has 6 N–H and O–H groups in total. The molecule has 0 radical (unpaired) electrons. The van der Waals surface area contributed by atoms with Crippen molar-refractivity contribution in [2.45, 2.75) is 95.2 Å². The van der Waals surface area contributed by atoms with Crippen molar-refractivity contribution in [2.24, 2.45) is 11.8 Å². The standard InChI is InChI=1S/C52H63NO11/c1-5-30-23-40(31-10-8-11-34(55)21-31)32(24-45(30)57)20-33-22-38(62-36-12-6-7-13-36)26-42-49(58)44(29-61-50(33)42)48-46(14-9-19-59-3)64-51-39-16-15-35(56)25-41(39)47(60-4)27-43(51)52(48)63-37(17-18-54)28-53-2/h8,10-11,15-16,21-27,36-37,44,46,48-49,52-58H,5-7,9,12-14,17-20,28-29H2,1-4H3/t37-,44-,46-,48-,49-,52+/m1/s1. The third-order valence-corrected chi connectivity index (χ3v) is 13.3. The fraction of sp³-hybridized carbons (Fsp3) is 0.462. The summed E-state index contributed by atoms with van der Waals surface area (Å²) >= 11 is 0. The maximum Gasteiger partial charge on any atom is 0.133 e. The topological polar surface area (TPSA) is 169 Å². The Hall–Kier alpha value is -5.24. The highest BCUT2D eigenvalue weighted by Crippen LogP contribution is 2.55. The van der Waals surface area contributed by atoms with E-state index in [0.29, 0.717) is 79.2 Å². The fourth-order valence-corrected chi connectivity index (χ4v) is 10.2. The summed E-state index contributed by atoms with van der Waals surface area (Å²) in [7, 11) is 5.12. The predicted molar refractivity (Wildman–Crippen MR) is 245 cm³/mol. The Kier molecular flexibility index (Phi) is 14.4. The number of nitrogens with one attached hydrogen (secondary N) is 1. The Morgan fingerprint density at radius 3 is 2.41 bits per heavy atom. The number of aliphatic hydroxyl groups excluding tert-OH is 2. The monoisotopic (exact) mass is 877 g/mol. The van der Waals surface area contributed by atoms with Crippen LogP contribution >= 0.6 is 0 Å². The van der Waals surface area contributed by atoms with E-state index in [1.54, 1.807) is 44.6 Å². The Labute approximate surface area is 375 Å². The zero-order chi connectivity index (χ0) is 44.9. The van der Waals surface area contributed by atoms with E-state index in [0.717, 1.165) is 64.5 Å². The van der Waals surface area contributed by atoms with Crippen molar-refractivity contribution in [1.29, 1.82) is 0 Å². The number of aryl methyl sites for hydroxylation is 1. The van der Waals surface area contributed by atoms with E-state index in [-0.39, 0.29) is 36.6 Å². The Morgan fingerprint density at radius 1 is 0.859 bits per heavy atom. The van der Waals surface area contributed by atoms with Crippen LogP contribution < -0.4 is 24.3 Å². The van der Waals surface area contributed by atoms with Crippen LogP contribution in [0.1, 0.15) is 91.9 Å². The fourth-order valence-electron chi connectivity index (χ4n) is 10.2. The molecule has 0 aromatic heterocycles. The van der Waals surface area contributed by atoms with Gasteiger partial charge in [-0.2, -0.15) is 0 Å². The van der Waals surface area contributed by atoms with Crippen molar-refractivity contribution in [2.75, 3.05) is 47.6 Å². The molecule has 1 saturated carbocycles. The third-order valence-electron chi connectivity index (χ3n) is 13.3. The summed E-state index contributed by atoms with van der Waals surface area (Å²) in [6, 6.07) is 21.9. The molecule has 8 rings (SSSR count). The molecule has 0 saturated heterocycles. The number of fused-ring (bicyclic) bond motifs is 4. The summed E-state index contributed by atoms with van der Waals surface area (Å²) in [4.78, 5) is 0. The second-order valence-electron chi connectivity index (χ2n) is 17.5. The third kappa shape index (κ3) is 9.44. The molecule has 1 fully saturated rings. The van der Waals surface area contributed by atoms with Crippen LogP contribution in [0.25, 0.3) is 21.9 Å². The highest BCUT2D eigenvalue weighted by Gasteiger charge is 2.50. The number of aliphatic hydroxyl groups is 2. The zero-order valence-corrected chi connectivity index (χ0v) is 37.3. The highest BCUT2D eigenvalue weighted by molar-refractivity contribution is 5.96. The SMILES string of the molecule is CCc1cc(-c2cccc(O)c2)c(Cc2cc(OC3CCCC3)cc3c2OC[C@H]([C@@H]2[C@@H](CCCOC)Oc4c(cc(OC)c5cc(O)ccc45)[C@@H]2O[C@H](CCO)CNC)[C@@H]3O)cc1O. The van der Waals surface area contributed by atoms with E-state index in [4.69, 9.17) is 28.4 Å². The van der Waals surface area contributed by atoms with E-state index >= 15 is 0 Å². The average Bonchev–Trinajstić information content (AvgIpc) is 3.80. The van der Waals surface area contributed by atoms with E-state index < -0.39 is 36.3 Å². The smallest absolute Gasteiger partial charge is 0.133 e. The van der Waals surface area contributed by atoms with Gasteiger partial charge in [0.1, 0.15) is 46.4 Å². The number of likely N-dealkylation sites (N-methyl/N-ethyl adjacent to an activating group) is 1. The summed E-state index contributed by atoms with van der Waals surface area (Å²) in [6.07, 6.45) is 4.22. The maximum atomic E-state index is 13.0. The molecule has 0 bridgehead atoms. The first-order chi connectivity index (χ1) is 31.1. The summed E-state index contributed by atoms with van der Waals surface area (Å²) < 4.78 is 39.3. The first-order valence-corrected chi connectivity index (χ1v) is 22.8. The van der Waals surface area contributed by atoms with Gasteiger partial charge in [0.25, 0.3) is 0 Å². The quantitative estimate of drug-likeness (QED) is 0.0464. The van der Waals surface area contributed by atoms with Gasteiger partial charge in [0, 0.05) is 72.6 Å². The van der Waals surface area contributed by atoms with Gasteiger partial charge in [0.05, 0.1) is 38.1 Å². The van der Waals surface area contributed by atoms with E-state index in [2.05, 4.69) is 5.32 Å². The van der Waals surface area contributed by atoms with E-state index in [9.17, 15) is 25.5 Å². The van der Waals surface area contributed by atoms with Gasteiger partial charge in [-0.25, -0.2) is 0 Å². The van der Waals surface area contributed by atoms with Crippen LogP contribution in [0.3, 0.4) is 0 Å². The number of rotatable bonds is 18. The maximum absolute atomic E-state index is 13.0. The molecule has 5 aromatic rings. The van der Waals surface area contributed by atoms with Crippen LogP contribution in [0.5, 0.6) is 40.2 Å². The van der Waals surface area contributed by atoms with Crippen LogP contribution in [-0.2, 0) is 22.3 Å². The van der Waals surface area contributed by atoms with Gasteiger partial charge in [-0.3, -0.25) is 0 Å². The van der Waals surface area contributed by atoms with Gasteiger partial charge in [-0.1, -0.05) is 19.1 Å². The van der Waals surface area contributed by atoms with Crippen LogP contribution in [0.4, 0.5) is 0 Å². The van der Waals surface area contributed by atoms with Crippen molar-refractivity contribution in [3.05, 3.63) is 101 Å². The molecule has 2 heterocycles. The second kappa shape index (κ2) is 20.3. The lowest BCUT2D eigenvalue weighted by Gasteiger charge is -2.47. The van der Waals surface area contributed by atoms with Gasteiger partial charge < -0.3 is 59.3 Å². The molecular formula is C52H63NO11. The van der Waals surface area contributed by atoms with Crippen molar-refractivity contribution in [3.8, 4) is 51.4 Å². The largest absolute Gasteiger partial charge is 0.508 e. The normalized spacial score (nSPS) is 21.2. The Bertz CT molecular complexity index is 2390. The molecule has 2 aliphatic heterocycles. The molecule has 64 heavy (non-hydrogen) atoms. The number of aromatic hydroxyl groups is 3. The molecule has 0 spiro atoms. The minimum Gasteiger partial charge on any atom is -0.508 e. The van der Waals surface area contributed by atoms with Crippen molar-refractivity contribution in [3.63, 3.8) is 0 Å². The van der Waals surface area contributed by atoms with Crippen LogP contribution in [0.15, 0.2) is 72.8 Å². The lowest BCUT2D eigenvalue weighted by atomic mass is 9.72. The minimum atomic E-state index is -1.04. The molecule has 12 nitrogen and oxygen atoms in total. The Balaban J connectivity index is 1.26. The summed E-state index contributed by atoms with van der Waals surface area (Å²) in [5, 5.41) is 60.1. The summed E-state index contributed by atoms with van der Waals surface area (Å²) in [5.41, 5.74) is 5.48. The number of phenolic OH excluding ortho intramolecular Hbond substituents is 3. The average molecular weight is 878 g/mol. The predicted octanol–water partition coefficient (Wildman–Crippen LogP) is 8.68. The van der Waals surface area contributed by atoms with Crippen molar-refractivity contribution >= 4 is 10.8 Å². The molecule has 1 aliphatic carbocycles. The van der Waals surface area contributed by atoms with Gasteiger partial charge in [-0.05, 0) is 141 Å². The number of benzene rings is 5. The number of hydrogen-bond acceptors (Lipinski definition) is 12. The molecule has 6 atom stereocenters. The number of phenols is 3. The summed E-state index contributed by atoms with van der Waals surface area (Å²) in [6.45, 7) is 3.04. The second-order valence-corrected chi connectivity index (χ2v) is 17.5. The highest BCUT2D eigenvalue weighted by atomic mass is 16.5. The van der Waals surface area contributed by atoms with Crippen LogP contribution in [0, 0.1) is 11.8 Å². The first kappa shape index (κ1) is 45.3. The molecule has 12 heteroatoms. The molecule has 5 aromatic carbocycles. The Morgan fingerprint density at radius 2 is 1.67 bits per heavy atom. The van der Waals surface area contributed by atoms with Crippen molar-refractivity contribution in [1.82, 2.24) is 5.32 Å². The lowest BCUT2D eigenvalue weighted by Crippen LogP contribution is -2.48. The van der Waals surface area contributed by atoms with E-state index in [1.807, 2.05) is 56.4 Å². The van der Waals surface area contributed by atoms with Crippen molar-refractivity contribution < 1.29 is 54.0 Å². The molecule has 0 amide bonds. The summed E-state index contributed by atoms with van der Waals surface area (Å²) in [5.74, 6) is 1.81. The first-order valence-electron chi connectivity index (χ1n) is 22.8. The number of hydrogen-bond donors (Lipinski definition) is 6. The van der Waals surface area contributed by atoms with E-state index in [1.165, 1.54) is 0 Å². The van der Waals surface area contributed by atoms with Gasteiger partial charge >= 0.3 is 0 Å². The molecule has 342 valence electrons. The van der Waals surface area contributed by atoms with Gasteiger partial charge in [0.15, 0.2) is 0 Å². The van der Waals surface area contributed by atoms with Crippen LogP contribution in [0.2, 0.25) is 0 Å². The van der Waals surface area contributed by atoms with Crippen LogP contribution in [-0.4, -0.2) is 91.5 Å².